The molecule has 0 aliphatic carbocycles. The highest BCUT2D eigenvalue weighted by atomic mass is 35.5. The van der Waals surface area contributed by atoms with Crippen molar-refractivity contribution in [1.82, 2.24) is 0 Å². The van der Waals surface area contributed by atoms with Crippen LogP contribution in [0, 0.1) is 18.3 Å². The zero-order valence-electron chi connectivity index (χ0n) is 18.2. The average molecular weight is 481 g/mol. The van der Waals surface area contributed by atoms with Gasteiger partial charge in [0.25, 0.3) is 5.91 Å². The number of nitrogens with zero attached hydrogens (tertiary/aromatic N) is 1. The topological polar surface area (TPSA) is 71.3 Å². The first-order chi connectivity index (χ1) is 15.9. The Kier molecular flexibility index (Phi) is 8.37. The molecule has 0 saturated heterocycles. The van der Waals surface area contributed by atoms with E-state index in [0.717, 1.165) is 5.56 Å². The number of hydrogen-bond donors (Lipinski definition) is 1. The van der Waals surface area contributed by atoms with Gasteiger partial charge in [0.05, 0.1) is 22.3 Å². The minimum Gasteiger partial charge on any atom is -0.490 e. The van der Waals surface area contributed by atoms with Gasteiger partial charge in [-0.05, 0) is 55.3 Å². The predicted octanol–water partition coefficient (Wildman–Crippen LogP) is 6.83. The van der Waals surface area contributed by atoms with Gasteiger partial charge < -0.3 is 14.8 Å². The molecule has 0 aliphatic heterocycles. The molecule has 5 nitrogen and oxygen atoms in total. The van der Waals surface area contributed by atoms with E-state index in [9.17, 15) is 10.1 Å². The quantitative estimate of drug-likeness (QED) is 0.283. The normalized spacial score (nSPS) is 10.9. The Balaban J connectivity index is 1.79. The van der Waals surface area contributed by atoms with Crippen LogP contribution in [-0.4, -0.2) is 12.5 Å². The number of ether oxygens (including phenoxy) is 2. The molecule has 33 heavy (non-hydrogen) atoms. The first-order valence-electron chi connectivity index (χ1n) is 10.2. The number of halogens is 2. The maximum atomic E-state index is 12.6. The fraction of sp³-hybridized carbons (Fsp3) is 0.154. The van der Waals surface area contributed by atoms with E-state index in [4.69, 9.17) is 32.7 Å². The van der Waals surface area contributed by atoms with E-state index in [0.29, 0.717) is 41.0 Å². The minimum absolute atomic E-state index is 0.0955. The largest absolute Gasteiger partial charge is 0.490 e. The summed E-state index contributed by atoms with van der Waals surface area (Å²) in [4.78, 5) is 12.6. The van der Waals surface area contributed by atoms with Crippen LogP contribution in [0.25, 0.3) is 6.08 Å². The first kappa shape index (κ1) is 24.2. The van der Waals surface area contributed by atoms with Gasteiger partial charge in [-0.3, -0.25) is 4.79 Å². The van der Waals surface area contributed by atoms with Crippen LogP contribution >= 0.6 is 23.2 Å². The van der Waals surface area contributed by atoms with Crippen molar-refractivity contribution in [2.75, 3.05) is 11.9 Å². The lowest BCUT2D eigenvalue weighted by Crippen LogP contribution is -2.13. The fourth-order valence-corrected chi connectivity index (χ4v) is 3.30. The van der Waals surface area contributed by atoms with Crippen molar-refractivity contribution in [3.8, 4) is 17.6 Å². The van der Waals surface area contributed by atoms with E-state index >= 15 is 0 Å². The van der Waals surface area contributed by atoms with Gasteiger partial charge in [0, 0.05) is 0 Å². The van der Waals surface area contributed by atoms with Crippen molar-refractivity contribution < 1.29 is 14.3 Å². The van der Waals surface area contributed by atoms with Gasteiger partial charge in [-0.25, -0.2) is 0 Å². The van der Waals surface area contributed by atoms with E-state index in [1.54, 1.807) is 36.4 Å². The number of aryl methyl sites for hydroxylation is 1. The first-order valence-corrected chi connectivity index (χ1v) is 11.0. The van der Waals surface area contributed by atoms with Crippen molar-refractivity contribution >= 4 is 40.9 Å². The number of carbonyl (C=O) groups is 1. The van der Waals surface area contributed by atoms with E-state index in [2.05, 4.69) is 5.32 Å². The second-order valence-corrected chi connectivity index (χ2v) is 7.92. The van der Waals surface area contributed by atoms with Crippen LogP contribution in [-0.2, 0) is 11.4 Å². The van der Waals surface area contributed by atoms with E-state index in [-0.39, 0.29) is 10.6 Å². The summed E-state index contributed by atoms with van der Waals surface area (Å²) in [5, 5.41) is 12.6. The molecule has 3 rings (SSSR count). The Hall–Kier alpha value is -3.46. The van der Waals surface area contributed by atoms with Gasteiger partial charge >= 0.3 is 0 Å². The summed E-state index contributed by atoms with van der Waals surface area (Å²) >= 11 is 12.1. The Morgan fingerprint density at radius 1 is 1.06 bits per heavy atom. The highest BCUT2D eigenvalue weighted by molar-refractivity contribution is 6.44. The van der Waals surface area contributed by atoms with Gasteiger partial charge in [0.15, 0.2) is 11.5 Å². The van der Waals surface area contributed by atoms with Gasteiger partial charge in [-0.15, -0.1) is 0 Å². The molecule has 0 radical (unpaired) electrons. The molecular weight excluding hydrogens is 459 g/mol. The molecular formula is C26H22Cl2N2O3. The molecule has 0 aliphatic rings. The van der Waals surface area contributed by atoms with Crippen LogP contribution in [0.3, 0.4) is 0 Å². The fourth-order valence-electron chi connectivity index (χ4n) is 2.95. The van der Waals surface area contributed by atoms with Crippen LogP contribution in [0.5, 0.6) is 11.5 Å². The van der Waals surface area contributed by atoms with Crippen LogP contribution < -0.4 is 14.8 Å². The van der Waals surface area contributed by atoms with Gasteiger partial charge in [-0.1, -0.05) is 65.2 Å². The molecule has 0 atom stereocenters. The number of amides is 1. The minimum atomic E-state index is -0.598. The van der Waals surface area contributed by atoms with Crippen LogP contribution in [0.4, 0.5) is 5.69 Å². The zero-order valence-corrected chi connectivity index (χ0v) is 19.7. The number of rotatable bonds is 8. The van der Waals surface area contributed by atoms with Crippen molar-refractivity contribution in [2.45, 2.75) is 20.5 Å². The summed E-state index contributed by atoms with van der Waals surface area (Å²) in [7, 11) is 0. The number of benzene rings is 3. The third-order valence-corrected chi connectivity index (χ3v) is 5.48. The van der Waals surface area contributed by atoms with Crippen molar-refractivity contribution in [3.63, 3.8) is 0 Å². The third-order valence-electron chi connectivity index (χ3n) is 4.66. The van der Waals surface area contributed by atoms with E-state index in [1.807, 2.05) is 44.2 Å². The predicted molar refractivity (Wildman–Crippen MR) is 132 cm³/mol. The van der Waals surface area contributed by atoms with Crippen molar-refractivity contribution in [2.24, 2.45) is 0 Å². The average Bonchev–Trinajstić information content (AvgIpc) is 2.81. The number of nitrogens with one attached hydrogen (secondary N) is 1. The highest BCUT2D eigenvalue weighted by Gasteiger charge is 2.14. The molecule has 1 amide bonds. The van der Waals surface area contributed by atoms with Gasteiger partial charge in [0.1, 0.15) is 18.2 Å². The van der Waals surface area contributed by atoms with Crippen LogP contribution in [0.1, 0.15) is 23.6 Å². The Morgan fingerprint density at radius 3 is 2.52 bits per heavy atom. The lowest BCUT2D eigenvalue weighted by atomic mass is 10.1. The molecule has 0 unspecified atom stereocenters. The lowest BCUT2D eigenvalue weighted by molar-refractivity contribution is -0.112. The van der Waals surface area contributed by atoms with Crippen LogP contribution in [0.15, 0.2) is 66.2 Å². The summed E-state index contributed by atoms with van der Waals surface area (Å²) in [5.41, 5.74) is 3.06. The monoisotopic (exact) mass is 480 g/mol. The van der Waals surface area contributed by atoms with Crippen molar-refractivity contribution in [3.05, 3.63) is 93.0 Å². The summed E-state index contributed by atoms with van der Waals surface area (Å²) in [6.45, 7) is 4.73. The maximum Gasteiger partial charge on any atom is 0.266 e. The molecule has 0 spiro atoms. The number of hydrogen-bond acceptors (Lipinski definition) is 4. The molecule has 0 fully saturated rings. The smallest absolute Gasteiger partial charge is 0.266 e. The molecule has 1 N–H and O–H groups in total. The number of nitriles is 1. The Morgan fingerprint density at radius 2 is 1.82 bits per heavy atom. The molecule has 7 heteroatoms. The number of carbonyl (C=O) groups excluding carboxylic acids is 1. The molecule has 0 aromatic heterocycles. The number of anilines is 1. The molecule has 168 valence electrons. The summed E-state index contributed by atoms with van der Waals surface area (Å²) in [6.07, 6.45) is 1.47. The van der Waals surface area contributed by atoms with E-state index in [1.165, 1.54) is 11.6 Å². The van der Waals surface area contributed by atoms with Gasteiger partial charge in [-0.2, -0.15) is 5.26 Å². The molecule has 3 aromatic carbocycles. The highest BCUT2D eigenvalue weighted by Crippen LogP contribution is 2.31. The summed E-state index contributed by atoms with van der Waals surface area (Å²) < 4.78 is 11.7. The van der Waals surface area contributed by atoms with E-state index < -0.39 is 5.91 Å². The standard InChI is InChI=1S/C26H22Cl2N2O3/c1-3-32-24-14-19(11-12-23(24)33-16-18-9-7-17(2)8-10-18)13-20(15-29)26(31)30-22-6-4-5-21(27)25(22)28/h4-14H,3,16H2,1-2H3,(H,30,31)/b20-13-. The second kappa shape index (κ2) is 11.4. The molecule has 0 saturated carbocycles. The Labute approximate surface area is 203 Å². The molecule has 0 heterocycles. The van der Waals surface area contributed by atoms with Crippen LogP contribution in [0.2, 0.25) is 10.0 Å². The summed E-state index contributed by atoms with van der Waals surface area (Å²) in [5.74, 6) is 0.497. The third kappa shape index (κ3) is 6.52. The molecule has 3 aromatic rings. The Bertz CT molecular complexity index is 1220. The zero-order chi connectivity index (χ0) is 23.8. The van der Waals surface area contributed by atoms with Gasteiger partial charge in [0.2, 0.25) is 0 Å². The van der Waals surface area contributed by atoms with Crippen molar-refractivity contribution in [1.29, 1.82) is 5.26 Å². The maximum absolute atomic E-state index is 12.6. The lowest BCUT2D eigenvalue weighted by Gasteiger charge is -2.13. The SMILES string of the molecule is CCOc1cc(/C=C(/C#N)C(=O)Nc2cccc(Cl)c2Cl)ccc1OCc1ccc(C)cc1. The summed E-state index contributed by atoms with van der Waals surface area (Å²) in [6, 6.07) is 20.1. The second-order valence-electron chi connectivity index (χ2n) is 7.14. The molecule has 0 bridgehead atoms.